The number of likely N-dealkylation sites (tertiary alicyclic amines) is 1. The molecule has 0 saturated carbocycles. The molecule has 1 aliphatic heterocycles. The van der Waals surface area contributed by atoms with Crippen molar-refractivity contribution in [1.82, 2.24) is 14.9 Å². The zero-order chi connectivity index (χ0) is 15.8. The lowest BCUT2D eigenvalue weighted by Gasteiger charge is -2.32. The number of nitrogens with zero attached hydrogens (tertiary/aromatic N) is 2. The molecular formula is C17H19N3OS2. The van der Waals surface area contributed by atoms with Gasteiger partial charge in [-0.25, -0.2) is 4.98 Å². The third kappa shape index (κ3) is 2.86. The molecular weight excluding hydrogens is 326 g/mol. The summed E-state index contributed by atoms with van der Waals surface area (Å²) in [5.74, 6) is 0.788. The van der Waals surface area contributed by atoms with E-state index in [9.17, 15) is 4.79 Å². The summed E-state index contributed by atoms with van der Waals surface area (Å²) in [5.41, 5.74) is 0.992. The highest BCUT2D eigenvalue weighted by Crippen LogP contribution is 2.33. The zero-order valence-electron chi connectivity index (χ0n) is 13.0. The molecule has 0 spiro atoms. The summed E-state index contributed by atoms with van der Waals surface area (Å²) in [6.07, 6.45) is 3.77. The maximum absolute atomic E-state index is 12.6. The first-order valence-corrected chi connectivity index (χ1v) is 9.76. The fourth-order valence-corrected chi connectivity index (χ4v) is 5.05. The normalized spacial score (nSPS) is 19.4. The molecule has 1 atom stereocenters. The second-order valence-electron chi connectivity index (χ2n) is 6.13. The summed E-state index contributed by atoms with van der Waals surface area (Å²) in [4.78, 5) is 24.7. The van der Waals surface area contributed by atoms with Crippen LogP contribution in [0, 0.1) is 0 Å². The topological polar surface area (TPSA) is 49.0 Å². The molecule has 0 aliphatic carbocycles. The maximum atomic E-state index is 12.6. The molecule has 6 heteroatoms. The van der Waals surface area contributed by atoms with Crippen LogP contribution in [-0.2, 0) is 6.54 Å². The fourth-order valence-electron chi connectivity index (χ4n) is 3.27. The minimum Gasteiger partial charge on any atom is -0.309 e. The van der Waals surface area contributed by atoms with Crippen molar-refractivity contribution < 1.29 is 0 Å². The van der Waals surface area contributed by atoms with Gasteiger partial charge in [-0.15, -0.1) is 22.7 Å². The van der Waals surface area contributed by atoms with Gasteiger partial charge in [-0.05, 0) is 37.8 Å². The largest absolute Gasteiger partial charge is 0.309 e. The number of thiophene rings is 2. The first kappa shape index (κ1) is 15.1. The van der Waals surface area contributed by atoms with Crippen LogP contribution >= 0.6 is 22.7 Å². The number of fused-ring (bicyclic) bond motifs is 1. The van der Waals surface area contributed by atoms with Crippen LogP contribution in [0.25, 0.3) is 20.7 Å². The summed E-state index contributed by atoms with van der Waals surface area (Å²) in [7, 11) is 0. The molecule has 23 heavy (non-hydrogen) atoms. The quantitative estimate of drug-likeness (QED) is 0.778. The molecule has 0 amide bonds. The standard InChI is InChI=1S/C17H19N3OS2/c1-11-5-2-3-7-20(11)9-14-18-16(21)15-12(10-23-17(15)19-14)13-6-4-8-22-13/h4,6,8,10-11H,2-3,5,7,9H2,1H3,(H,18,19,21)/t11-/m1/s1. The van der Waals surface area contributed by atoms with Crippen LogP contribution in [0.1, 0.15) is 32.0 Å². The van der Waals surface area contributed by atoms with Gasteiger partial charge in [0.25, 0.3) is 5.56 Å². The third-order valence-electron chi connectivity index (χ3n) is 4.57. The molecule has 0 radical (unpaired) electrons. The average Bonchev–Trinajstić information content (AvgIpc) is 3.18. The summed E-state index contributed by atoms with van der Waals surface area (Å²) in [5, 5.41) is 4.81. The molecule has 4 rings (SSSR count). The highest BCUT2D eigenvalue weighted by molar-refractivity contribution is 7.18. The molecule has 0 unspecified atom stereocenters. The highest BCUT2D eigenvalue weighted by atomic mass is 32.1. The van der Waals surface area contributed by atoms with Gasteiger partial charge < -0.3 is 4.98 Å². The average molecular weight is 345 g/mol. The van der Waals surface area contributed by atoms with Crippen molar-refractivity contribution in [3.8, 4) is 10.4 Å². The number of H-pyrrole nitrogens is 1. The van der Waals surface area contributed by atoms with Gasteiger partial charge in [0.05, 0.1) is 11.9 Å². The van der Waals surface area contributed by atoms with E-state index in [-0.39, 0.29) is 5.56 Å². The predicted octanol–water partition coefficient (Wildman–Crippen LogP) is 4.09. The van der Waals surface area contributed by atoms with Gasteiger partial charge in [0.2, 0.25) is 0 Å². The molecule has 0 aromatic carbocycles. The molecule has 4 nitrogen and oxygen atoms in total. The van der Waals surface area contributed by atoms with Crippen molar-refractivity contribution in [3.63, 3.8) is 0 Å². The van der Waals surface area contributed by atoms with E-state index in [0.29, 0.717) is 6.04 Å². The van der Waals surface area contributed by atoms with E-state index < -0.39 is 0 Å². The lowest BCUT2D eigenvalue weighted by atomic mass is 10.0. The van der Waals surface area contributed by atoms with Gasteiger partial charge in [0.1, 0.15) is 10.7 Å². The molecule has 4 heterocycles. The smallest absolute Gasteiger partial charge is 0.260 e. The minimum atomic E-state index is -0.0145. The molecule has 1 N–H and O–H groups in total. The van der Waals surface area contributed by atoms with E-state index in [1.165, 1.54) is 19.3 Å². The van der Waals surface area contributed by atoms with Gasteiger partial charge in [-0.1, -0.05) is 12.5 Å². The van der Waals surface area contributed by atoms with Crippen LogP contribution in [-0.4, -0.2) is 27.5 Å². The Morgan fingerprint density at radius 3 is 3.09 bits per heavy atom. The van der Waals surface area contributed by atoms with Crippen LogP contribution < -0.4 is 5.56 Å². The van der Waals surface area contributed by atoms with Crippen LogP contribution in [0.15, 0.2) is 27.7 Å². The summed E-state index contributed by atoms with van der Waals surface area (Å²) in [6.45, 7) is 4.09. The predicted molar refractivity (Wildman–Crippen MR) is 97.3 cm³/mol. The van der Waals surface area contributed by atoms with Crippen LogP contribution in [0.3, 0.4) is 0 Å². The first-order valence-electron chi connectivity index (χ1n) is 8.00. The van der Waals surface area contributed by atoms with E-state index in [1.807, 2.05) is 16.8 Å². The Labute approximate surface area is 142 Å². The third-order valence-corrected chi connectivity index (χ3v) is 6.35. The van der Waals surface area contributed by atoms with Crippen molar-refractivity contribution in [2.24, 2.45) is 0 Å². The van der Waals surface area contributed by atoms with Crippen molar-refractivity contribution in [2.45, 2.75) is 38.8 Å². The molecule has 1 fully saturated rings. The Hall–Kier alpha value is -1.50. The molecule has 3 aromatic rings. The molecule has 120 valence electrons. The van der Waals surface area contributed by atoms with Gasteiger partial charge in [-0.3, -0.25) is 9.69 Å². The highest BCUT2D eigenvalue weighted by Gasteiger charge is 2.20. The second-order valence-corrected chi connectivity index (χ2v) is 7.94. The van der Waals surface area contributed by atoms with Crippen molar-refractivity contribution >= 4 is 32.9 Å². The lowest BCUT2D eigenvalue weighted by Crippen LogP contribution is -2.37. The van der Waals surface area contributed by atoms with Gasteiger partial charge in [0, 0.05) is 21.9 Å². The lowest BCUT2D eigenvalue weighted by molar-refractivity contribution is 0.149. The van der Waals surface area contributed by atoms with Crippen LogP contribution in [0.4, 0.5) is 0 Å². The Morgan fingerprint density at radius 1 is 1.39 bits per heavy atom. The Bertz CT molecular complexity index is 866. The van der Waals surface area contributed by atoms with E-state index in [2.05, 4.69) is 22.9 Å². The van der Waals surface area contributed by atoms with E-state index in [1.54, 1.807) is 22.7 Å². The summed E-state index contributed by atoms with van der Waals surface area (Å²) < 4.78 is 0. The monoisotopic (exact) mass is 345 g/mol. The second kappa shape index (κ2) is 6.19. The van der Waals surface area contributed by atoms with Gasteiger partial charge in [-0.2, -0.15) is 0 Å². The van der Waals surface area contributed by atoms with E-state index in [4.69, 9.17) is 4.98 Å². The number of hydrogen-bond acceptors (Lipinski definition) is 5. The molecule has 1 aliphatic rings. The van der Waals surface area contributed by atoms with E-state index >= 15 is 0 Å². The molecule has 0 bridgehead atoms. The van der Waals surface area contributed by atoms with Crippen LogP contribution in [0.5, 0.6) is 0 Å². The van der Waals surface area contributed by atoms with Crippen LogP contribution in [0.2, 0.25) is 0 Å². The minimum absolute atomic E-state index is 0.0145. The maximum Gasteiger partial charge on any atom is 0.260 e. The number of nitrogens with one attached hydrogen (secondary N) is 1. The number of aromatic amines is 1. The number of hydrogen-bond donors (Lipinski definition) is 1. The van der Waals surface area contributed by atoms with Gasteiger partial charge in [0.15, 0.2) is 0 Å². The van der Waals surface area contributed by atoms with Crippen molar-refractivity contribution in [3.05, 3.63) is 39.1 Å². The Kier molecular flexibility index (Phi) is 4.05. The van der Waals surface area contributed by atoms with Gasteiger partial charge >= 0.3 is 0 Å². The number of piperidine rings is 1. The van der Waals surface area contributed by atoms with Crippen molar-refractivity contribution in [1.29, 1.82) is 0 Å². The Balaban J connectivity index is 1.70. The molecule has 1 saturated heterocycles. The Morgan fingerprint density at radius 2 is 2.30 bits per heavy atom. The van der Waals surface area contributed by atoms with Crippen molar-refractivity contribution in [2.75, 3.05) is 6.54 Å². The SMILES string of the molecule is C[C@@H]1CCCCN1Cc1nc2scc(-c3cccs3)c2c(=O)[nH]1. The number of rotatable bonds is 3. The number of aromatic nitrogens is 2. The summed E-state index contributed by atoms with van der Waals surface area (Å²) >= 11 is 3.22. The summed E-state index contributed by atoms with van der Waals surface area (Å²) in [6, 6.07) is 4.63. The zero-order valence-corrected chi connectivity index (χ0v) is 14.7. The van der Waals surface area contributed by atoms with E-state index in [0.717, 1.165) is 39.6 Å². The fraction of sp³-hybridized carbons (Fsp3) is 0.412. The molecule has 3 aromatic heterocycles. The first-order chi connectivity index (χ1) is 11.2.